The number of hydrogen-bond donors (Lipinski definition) is 2. The van der Waals surface area contributed by atoms with Gasteiger partial charge in [0, 0.05) is 32.2 Å². The van der Waals surface area contributed by atoms with Crippen molar-refractivity contribution in [3.8, 4) is 0 Å². The van der Waals surface area contributed by atoms with E-state index < -0.39 is 5.72 Å². The van der Waals surface area contributed by atoms with Crippen molar-refractivity contribution in [2.24, 2.45) is 0 Å². The zero-order valence-electron chi connectivity index (χ0n) is 13.5. The highest BCUT2D eigenvalue weighted by Gasteiger charge is 2.35. The lowest BCUT2D eigenvalue weighted by molar-refractivity contribution is -0.0785. The topological polar surface area (TPSA) is 67.5 Å². The van der Waals surface area contributed by atoms with Gasteiger partial charge in [-0.2, -0.15) is 0 Å². The lowest BCUT2D eigenvalue weighted by Gasteiger charge is -2.41. The molecular formula is C16H29N4O2. The number of carbonyl (C=O) groups is 1. The van der Waals surface area contributed by atoms with Gasteiger partial charge in [0.2, 0.25) is 0 Å². The molecule has 6 heteroatoms. The SMILES string of the molecule is [O]C1(NC(=O)N2CCN(C3CCNCC3)CC2)CCCCC1. The highest BCUT2D eigenvalue weighted by atomic mass is 16.3. The second-order valence-corrected chi connectivity index (χ2v) is 6.99. The molecule has 125 valence electrons. The molecule has 1 saturated carbocycles. The molecule has 2 aliphatic heterocycles. The van der Waals surface area contributed by atoms with Crippen LogP contribution in [0.5, 0.6) is 0 Å². The molecular weight excluding hydrogens is 280 g/mol. The number of piperidine rings is 1. The third-order valence-corrected chi connectivity index (χ3v) is 5.42. The quantitative estimate of drug-likeness (QED) is 0.752. The fraction of sp³-hybridized carbons (Fsp3) is 0.938. The van der Waals surface area contributed by atoms with Gasteiger partial charge in [-0.3, -0.25) is 4.90 Å². The minimum Gasteiger partial charge on any atom is -0.322 e. The van der Waals surface area contributed by atoms with Crippen LogP contribution in [0, 0.1) is 0 Å². The van der Waals surface area contributed by atoms with Crippen molar-refractivity contribution in [1.29, 1.82) is 0 Å². The molecule has 3 rings (SSSR count). The van der Waals surface area contributed by atoms with Crippen LogP contribution in [0.15, 0.2) is 0 Å². The summed E-state index contributed by atoms with van der Waals surface area (Å²) in [6.45, 7) is 5.56. The van der Waals surface area contributed by atoms with E-state index in [0.29, 0.717) is 18.9 Å². The van der Waals surface area contributed by atoms with Crippen LogP contribution in [0.3, 0.4) is 0 Å². The van der Waals surface area contributed by atoms with Crippen LogP contribution < -0.4 is 10.6 Å². The summed E-state index contributed by atoms with van der Waals surface area (Å²) in [7, 11) is 0. The number of piperazine rings is 1. The number of nitrogens with zero attached hydrogens (tertiary/aromatic N) is 2. The Morgan fingerprint density at radius 2 is 1.64 bits per heavy atom. The third-order valence-electron chi connectivity index (χ3n) is 5.42. The molecule has 0 bridgehead atoms. The minimum absolute atomic E-state index is 0.151. The van der Waals surface area contributed by atoms with Crippen LogP contribution in [-0.4, -0.2) is 66.9 Å². The van der Waals surface area contributed by atoms with E-state index in [2.05, 4.69) is 15.5 Å². The van der Waals surface area contributed by atoms with Gasteiger partial charge in [-0.25, -0.2) is 9.90 Å². The van der Waals surface area contributed by atoms with E-state index in [-0.39, 0.29) is 6.03 Å². The lowest BCUT2D eigenvalue weighted by atomic mass is 9.92. The van der Waals surface area contributed by atoms with Crippen LogP contribution in [0.4, 0.5) is 4.79 Å². The summed E-state index contributed by atoms with van der Waals surface area (Å²) in [5.74, 6) is 0. The minimum atomic E-state index is -1.22. The Labute approximate surface area is 133 Å². The monoisotopic (exact) mass is 309 g/mol. The largest absolute Gasteiger partial charge is 0.322 e. The molecule has 3 aliphatic rings. The first-order valence-electron chi connectivity index (χ1n) is 8.89. The van der Waals surface area contributed by atoms with E-state index in [4.69, 9.17) is 0 Å². The average Bonchev–Trinajstić information content (AvgIpc) is 2.56. The summed E-state index contributed by atoms with van der Waals surface area (Å²) in [5, 5.41) is 18.7. The molecule has 0 spiro atoms. The average molecular weight is 309 g/mol. The molecule has 0 unspecified atom stereocenters. The molecule has 2 heterocycles. The van der Waals surface area contributed by atoms with Gasteiger partial charge in [-0.15, -0.1) is 0 Å². The highest BCUT2D eigenvalue weighted by molar-refractivity contribution is 5.75. The first-order valence-corrected chi connectivity index (χ1v) is 8.89. The van der Waals surface area contributed by atoms with E-state index in [1.54, 1.807) is 0 Å². The van der Waals surface area contributed by atoms with E-state index in [1.165, 1.54) is 12.8 Å². The standard InChI is InChI=1S/C16H29N4O2/c21-15(18-16(22)6-2-1-3-7-16)20-12-10-19(11-13-20)14-4-8-17-9-5-14/h14,17H,1-13H2,(H,18,21). The fourth-order valence-corrected chi connectivity index (χ4v) is 3.98. The summed E-state index contributed by atoms with van der Waals surface area (Å²) in [4.78, 5) is 16.7. The predicted molar refractivity (Wildman–Crippen MR) is 84.1 cm³/mol. The van der Waals surface area contributed by atoms with E-state index >= 15 is 0 Å². The summed E-state index contributed by atoms with van der Waals surface area (Å²) in [6.07, 6.45) is 6.56. The van der Waals surface area contributed by atoms with Gasteiger partial charge in [0.15, 0.2) is 5.72 Å². The maximum Gasteiger partial charge on any atom is 0.319 e. The zero-order chi connectivity index (χ0) is 15.4. The van der Waals surface area contributed by atoms with Crippen LogP contribution in [0.1, 0.15) is 44.9 Å². The van der Waals surface area contributed by atoms with Gasteiger partial charge in [-0.05, 0) is 51.6 Å². The molecule has 3 fully saturated rings. The Hall–Kier alpha value is -0.850. The molecule has 0 aromatic heterocycles. The van der Waals surface area contributed by atoms with Crippen LogP contribution in [-0.2, 0) is 5.11 Å². The Bertz CT molecular complexity index is 370. The fourth-order valence-electron chi connectivity index (χ4n) is 3.98. The Morgan fingerprint density at radius 3 is 2.27 bits per heavy atom. The molecule has 6 nitrogen and oxygen atoms in total. The normalized spacial score (nSPS) is 27.6. The Kier molecular flexibility index (Phi) is 5.21. The van der Waals surface area contributed by atoms with Crippen molar-refractivity contribution >= 4 is 6.03 Å². The molecule has 1 aliphatic carbocycles. The van der Waals surface area contributed by atoms with Crippen molar-refractivity contribution in [2.75, 3.05) is 39.3 Å². The first-order chi connectivity index (χ1) is 10.7. The molecule has 22 heavy (non-hydrogen) atoms. The van der Waals surface area contributed by atoms with Crippen molar-refractivity contribution < 1.29 is 9.90 Å². The number of hydrogen-bond acceptors (Lipinski definition) is 3. The van der Waals surface area contributed by atoms with Crippen LogP contribution >= 0.6 is 0 Å². The van der Waals surface area contributed by atoms with E-state index in [9.17, 15) is 9.90 Å². The second kappa shape index (κ2) is 7.15. The maximum absolute atomic E-state index is 12.5. The van der Waals surface area contributed by atoms with Gasteiger partial charge in [0.1, 0.15) is 0 Å². The maximum atomic E-state index is 12.5. The highest BCUT2D eigenvalue weighted by Crippen LogP contribution is 2.26. The number of rotatable bonds is 2. The number of nitrogens with one attached hydrogen (secondary N) is 2. The zero-order valence-corrected chi connectivity index (χ0v) is 13.5. The molecule has 0 atom stereocenters. The van der Waals surface area contributed by atoms with Gasteiger partial charge in [-0.1, -0.05) is 6.42 Å². The van der Waals surface area contributed by atoms with E-state index in [1.807, 2.05) is 4.90 Å². The first kappa shape index (κ1) is 16.0. The van der Waals surface area contributed by atoms with Crippen molar-refractivity contribution in [3.63, 3.8) is 0 Å². The number of carbonyl (C=O) groups excluding carboxylic acids is 1. The summed E-state index contributed by atoms with van der Waals surface area (Å²) in [6, 6.07) is 0.512. The lowest BCUT2D eigenvalue weighted by Crippen LogP contribution is -2.59. The van der Waals surface area contributed by atoms with Crippen LogP contribution in [0.25, 0.3) is 0 Å². The molecule has 2 amide bonds. The van der Waals surface area contributed by atoms with Gasteiger partial charge < -0.3 is 15.5 Å². The summed E-state index contributed by atoms with van der Waals surface area (Å²) < 4.78 is 0. The molecule has 2 saturated heterocycles. The smallest absolute Gasteiger partial charge is 0.319 e. The third kappa shape index (κ3) is 3.91. The van der Waals surface area contributed by atoms with Gasteiger partial charge >= 0.3 is 6.03 Å². The second-order valence-electron chi connectivity index (χ2n) is 6.99. The van der Waals surface area contributed by atoms with Crippen molar-refractivity contribution in [2.45, 2.75) is 56.7 Å². The number of amides is 2. The Balaban J connectivity index is 1.45. The molecule has 0 aromatic carbocycles. The van der Waals surface area contributed by atoms with E-state index in [0.717, 1.165) is 58.5 Å². The van der Waals surface area contributed by atoms with Crippen molar-refractivity contribution in [3.05, 3.63) is 0 Å². The summed E-state index contributed by atoms with van der Waals surface area (Å²) in [5.41, 5.74) is -1.22. The number of urea groups is 1. The van der Waals surface area contributed by atoms with Gasteiger partial charge in [0.25, 0.3) is 0 Å². The Morgan fingerprint density at radius 1 is 1.00 bits per heavy atom. The van der Waals surface area contributed by atoms with Gasteiger partial charge in [0.05, 0.1) is 0 Å². The predicted octanol–water partition coefficient (Wildman–Crippen LogP) is 1.16. The van der Waals surface area contributed by atoms with Crippen LogP contribution in [0.2, 0.25) is 0 Å². The van der Waals surface area contributed by atoms with Crippen molar-refractivity contribution in [1.82, 2.24) is 20.4 Å². The molecule has 2 N–H and O–H groups in total. The molecule has 0 aromatic rings. The molecule has 1 radical (unpaired) electrons. The summed E-state index contributed by atoms with van der Waals surface area (Å²) >= 11 is 0.